The highest BCUT2D eigenvalue weighted by molar-refractivity contribution is 6.30. The number of amides is 2. The lowest BCUT2D eigenvalue weighted by molar-refractivity contribution is -0.147. The number of anilines is 2. The molecule has 0 aromatic heterocycles. The molecule has 0 aliphatic carbocycles. The Bertz CT molecular complexity index is 806. The molecule has 2 rings (SSSR count). The minimum atomic E-state index is -0.631. The molecule has 148 valence electrons. The monoisotopic (exact) mass is 404 g/mol. The number of benzene rings is 2. The minimum absolute atomic E-state index is 0.0507. The zero-order valence-corrected chi connectivity index (χ0v) is 16.1. The molecule has 2 aromatic rings. The maximum absolute atomic E-state index is 11.9. The lowest BCUT2D eigenvalue weighted by Gasteiger charge is -2.08. The fraction of sp³-hybridized carbons (Fsp3) is 0.250. The van der Waals surface area contributed by atoms with E-state index in [9.17, 15) is 14.4 Å². The van der Waals surface area contributed by atoms with Crippen LogP contribution in [0.25, 0.3) is 0 Å². The van der Waals surface area contributed by atoms with Crippen LogP contribution in [0.2, 0.25) is 5.02 Å². The molecule has 7 nitrogen and oxygen atoms in total. The van der Waals surface area contributed by atoms with Gasteiger partial charge in [0.15, 0.2) is 6.61 Å². The zero-order chi connectivity index (χ0) is 20.4. The summed E-state index contributed by atoms with van der Waals surface area (Å²) in [6.07, 6.45) is -0.179. The van der Waals surface area contributed by atoms with E-state index in [0.717, 1.165) is 0 Å². The summed E-state index contributed by atoms with van der Waals surface area (Å²) in [5.74, 6) is -0.727. The third-order valence-corrected chi connectivity index (χ3v) is 3.75. The van der Waals surface area contributed by atoms with E-state index >= 15 is 0 Å². The lowest BCUT2D eigenvalue weighted by Crippen LogP contribution is -2.21. The number of rotatable bonds is 9. The van der Waals surface area contributed by atoms with Gasteiger partial charge >= 0.3 is 5.97 Å². The maximum Gasteiger partial charge on any atom is 0.306 e. The van der Waals surface area contributed by atoms with Crippen LogP contribution < -0.4 is 15.4 Å². The second-order valence-electron chi connectivity index (χ2n) is 5.72. The van der Waals surface area contributed by atoms with Gasteiger partial charge in [0, 0.05) is 22.8 Å². The van der Waals surface area contributed by atoms with Gasteiger partial charge in [0.05, 0.1) is 13.0 Å². The molecule has 0 saturated heterocycles. The Morgan fingerprint density at radius 1 is 0.857 bits per heavy atom. The van der Waals surface area contributed by atoms with Gasteiger partial charge in [0.25, 0.3) is 5.91 Å². The first-order valence-electron chi connectivity index (χ1n) is 8.70. The maximum atomic E-state index is 11.9. The van der Waals surface area contributed by atoms with E-state index in [1.165, 1.54) is 0 Å². The van der Waals surface area contributed by atoms with Crippen LogP contribution in [-0.2, 0) is 19.1 Å². The number of hydrogen-bond donors (Lipinski definition) is 2. The molecule has 0 fully saturated rings. The number of hydrogen-bond acceptors (Lipinski definition) is 5. The van der Waals surface area contributed by atoms with Crippen LogP contribution in [-0.4, -0.2) is 31.0 Å². The SMILES string of the molecule is CCOc1ccc(NC(=O)CCC(=O)OCC(=O)Nc2ccc(Cl)cc2)cc1. The molecule has 8 heteroatoms. The topological polar surface area (TPSA) is 93.7 Å². The fourth-order valence-electron chi connectivity index (χ4n) is 2.19. The highest BCUT2D eigenvalue weighted by Crippen LogP contribution is 2.16. The van der Waals surface area contributed by atoms with Crippen LogP contribution in [0.5, 0.6) is 5.75 Å². The van der Waals surface area contributed by atoms with E-state index in [1.54, 1.807) is 48.5 Å². The van der Waals surface area contributed by atoms with Gasteiger partial charge in [-0.2, -0.15) is 0 Å². The number of ether oxygens (including phenoxy) is 2. The van der Waals surface area contributed by atoms with Crippen molar-refractivity contribution >= 4 is 40.8 Å². The van der Waals surface area contributed by atoms with Gasteiger partial charge in [0.1, 0.15) is 5.75 Å². The summed E-state index contributed by atoms with van der Waals surface area (Å²) < 4.78 is 10.2. The standard InChI is InChI=1S/C20H21ClN2O5/c1-2-27-17-9-7-16(8-10-17)22-18(24)11-12-20(26)28-13-19(25)23-15-5-3-14(21)4-6-15/h3-10H,2,11-13H2,1H3,(H,22,24)(H,23,25). The van der Waals surface area contributed by atoms with Crippen LogP contribution in [0.15, 0.2) is 48.5 Å². The van der Waals surface area contributed by atoms with Gasteiger partial charge in [-0.3, -0.25) is 14.4 Å². The largest absolute Gasteiger partial charge is 0.494 e. The van der Waals surface area contributed by atoms with Crippen LogP contribution in [0.1, 0.15) is 19.8 Å². The predicted molar refractivity (Wildman–Crippen MR) is 107 cm³/mol. The Hall–Kier alpha value is -3.06. The van der Waals surface area contributed by atoms with Crippen molar-refractivity contribution in [1.29, 1.82) is 0 Å². The predicted octanol–water partition coefficient (Wildman–Crippen LogP) is 3.64. The van der Waals surface area contributed by atoms with Crippen LogP contribution in [0.3, 0.4) is 0 Å². The highest BCUT2D eigenvalue weighted by atomic mass is 35.5. The van der Waals surface area contributed by atoms with Gasteiger partial charge in [-0.25, -0.2) is 0 Å². The van der Waals surface area contributed by atoms with E-state index in [1.807, 2.05) is 6.92 Å². The molecule has 0 aliphatic heterocycles. The molecule has 0 aliphatic rings. The Morgan fingerprint density at radius 2 is 1.43 bits per heavy atom. The van der Waals surface area contributed by atoms with E-state index in [4.69, 9.17) is 21.1 Å². The van der Waals surface area contributed by atoms with Crippen molar-refractivity contribution in [3.8, 4) is 5.75 Å². The Kier molecular flexibility index (Phi) is 8.30. The smallest absolute Gasteiger partial charge is 0.306 e. The normalized spacial score (nSPS) is 10.1. The Balaban J connectivity index is 1.66. The average Bonchev–Trinajstić information content (AvgIpc) is 2.68. The summed E-state index contributed by atoms with van der Waals surface area (Å²) in [6, 6.07) is 13.4. The summed E-state index contributed by atoms with van der Waals surface area (Å²) in [7, 11) is 0. The van der Waals surface area contributed by atoms with Crippen LogP contribution in [0.4, 0.5) is 11.4 Å². The Morgan fingerprint density at radius 3 is 2.04 bits per heavy atom. The molecule has 2 amide bonds. The number of halogens is 1. The van der Waals surface area contributed by atoms with Crippen molar-refractivity contribution in [2.45, 2.75) is 19.8 Å². The first-order valence-corrected chi connectivity index (χ1v) is 9.08. The van der Waals surface area contributed by atoms with Gasteiger partial charge < -0.3 is 20.1 Å². The van der Waals surface area contributed by atoms with Crippen molar-refractivity contribution in [2.75, 3.05) is 23.8 Å². The molecule has 0 radical (unpaired) electrons. The summed E-state index contributed by atoms with van der Waals surface area (Å²) >= 11 is 5.76. The lowest BCUT2D eigenvalue weighted by atomic mass is 10.2. The summed E-state index contributed by atoms with van der Waals surface area (Å²) in [5.41, 5.74) is 1.14. The molecule has 2 aromatic carbocycles. The summed E-state index contributed by atoms with van der Waals surface area (Å²) in [4.78, 5) is 35.3. The molecule has 0 heterocycles. The summed E-state index contributed by atoms with van der Waals surface area (Å²) in [5, 5.41) is 5.80. The Labute approximate surface area is 168 Å². The first-order chi connectivity index (χ1) is 13.5. The van der Waals surface area contributed by atoms with Crippen LogP contribution in [0, 0.1) is 0 Å². The van der Waals surface area contributed by atoms with Gasteiger partial charge in [-0.05, 0) is 55.5 Å². The zero-order valence-electron chi connectivity index (χ0n) is 15.4. The minimum Gasteiger partial charge on any atom is -0.494 e. The summed E-state index contributed by atoms with van der Waals surface area (Å²) in [6.45, 7) is 2.02. The van der Waals surface area contributed by atoms with Crippen molar-refractivity contribution in [3.05, 3.63) is 53.6 Å². The van der Waals surface area contributed by atoms with E-state index in [0.29, 0.717) is 28.8 Å². The van der Waals surface area contributed by atoms with E-state index in [2.05, 4.69) is 10.6 Å². The number of carbonyl (C=O) groups is 3. The molecule has 2 N–H and O–H groups in total. The molecular weight excluding hydrogens is 384 g/mol. The highest BCUT2D eigenvalue weighted by Gasteiger charge is 2.11. The molecule has 0 unspecified atom stereocenters. The number of esters is 1. The molecule has 0 atom stereocenters. The third kappa shape index (κ3) is 7.67. The van der Waals surface area contributed by atoms with Crippen molar-refractivity contribution in [2.24, 2.45) is 0 Å². The quantitative estimate of drug-likeness (QED) is 0.622. The molecule has 28 heavy (non-hydrogen) atoms. The van der Waals surface area contributed by atoms with Crippen molar-refractivity contribution in [3.63, 3.8) is 0 Å². The fourth-order valence-corrected chi connectivity index (χ4v) is 2.31. The third-order valence-electron chi connectivity index (χ3n) is 3.50. The van der Waals surface area contributed by atoms with Gasteiger partial charge in [-0.1, -0.05) is 11.6 Å². The van der Waals surface area contributed by atoms with Crippen LogP contribution >= 0.6 is 11.6 Å². The molecule has 0 spiro atoms. The second-order valence-corrected chi connectivity index (χ2v) is 6.16. The second kappa shape index (κ2) is 10.9. The molecule has 0 saturated carbocycles. The van der Waals surface area contributed by atoms with E-state index < -0.39 is 18.5 Å². The number of carbonyl (C=O) groups excluding carboxylic acids is 3. The molecule has 0 bridgehead atoms. The van der Waals surface area contributed by atoms with Crippen molar-refractivity contribution in [1.82, 2.24) is 0 Å². The van der Waals surface area contributed by atoms with Gasteiger partial charge in [-0.15, -0.1) is 0 Å². The van der Waals surface area contributed by atoms with E-state index in [-0.39, 0.29) is 18.7 Å². The average molecular weight is 405 g/mol. The van der Waals surface area contributed by atoms with Crippen molar-refractivity contribution < 1.29 is 23.9 Å². The van der Waals surface area contributed by atoms with Gasteiger partial charge in [0.2, 0.25) is 5.91 Å². The number of nitrogens with one attached hydrogen (secondary N) is 2. The first kappa shape index (κ1) is 21.2. The molecular formula is C20H21ClN2O5.